The second kappa shape index (κ2) is 6.87. The van der Waals surface area contributed by atoms with Crippen LogP contribution in [0.4, 0.5) is 11.6 Å². The Bertz CT molecular complexity index is 1010. The Balaban J connectivity index is 1.76. The van der Waals surface area contributed by atoms with Crippen LogP contribution in [0.15, 0.2) is 59.9 Å². The quantitative estimate of drug-likeness (QED) is 0.730. The predicted octanol–water partition coefficient (Wildman–Crippen LogP) is 2.00. The molecule has 9 nitrogen and oxygen atoms in total. The number of tetrazole rings is 1. The van der Waals surface area contributed by atoms with Crippen LogP contribution >= 0.6 is 0 Å². The molecular formula is C18H17N7O2. The summed E-state index contributed by atoms with van der Waals surface area (Å²) in [7, 11) is 1.56. The third-order valence-corrected chi connectivity index (χ3v) is 4.28. The van der Waals surface area contributed by atoms with E-state index in [-0.39, 0.29) is 5.91 Å². The minimum atomic E-state index is -0.549. The van der Waals surface area contributed by atoms with Crippen molar-refractivity contribution in [2.45, 2.75) is 13.0 Å². The van der Waals surface area contributed by atoms with Gasteiger partial charge in [-0.15, -0.1) is 0 Å². The number of aromatic nitrogens is 5. The van der Waals surface area contributed by atoms with E-state index in [4.69, 9.17) is 4.74 Å². The second-order valence-electron chi connectivity index (χ2n) is 5.92. The van der Waals surface area contributed by atoms with E-state index >= 15 is 0 Å². The Morgan fingerprint density at radius 2 is 2.04 bits per heavy atom. The van der Waals surface area contributed by atoms with Crippen molar-refractivity contribution >= 4 is 17.5 Å². The number of benzene rings is 1. The topological polar surface area (TPSA) is 107 Å². The summed E-state index contributed by atoms with van der Waals surface area (Å²) in [6, 6.07) is 12.2. The average Bonchev–Trinajstić information content (AvgIpc) is 3.15. The number of rotatable bonds is 4. The van der Waals surface area contributed by atoms with Gasteiger partial charge in [0.2, 0.25) is 5.95 Å². The number of fused-ring (bicyclic) bond motifs is 1. The molecule has 1 amide bonds. The Morgan fingerprint density at radius 3 is 2.81 bits per heavy atom. The number of para-hydroxylation sites is 2. The zero-order chi connectivity index (χ0) is 18.8. The molecule has 2 aromatic heterocycles. The first kappa shape index (κ1) is 16.7. The zero-order valence-corrected chi connectivity index (χ0v) is 14.7. The van der Waals surface area contributed by atoms with Crippen LogP contribution in [0.3, 0.4) is 0 Å². The summed E-state index contributed by atoms with van der Waals surface area (Å²) >= 11 is 0. The van der Waals surface area contributed by atoms with Crippen molar-refractivity contribution in [3.8, 4) is 5.75 Å². The fourth-order valence-electron chi connectivity index (χ4n) is 3.06. The third kappa shape index (κ3) is 2.99. The smallest absolute Gasteiger partial charge is 0.256 e. The van der Waals surface area contributed by atoms with Gasteiger partial charge >= 0.3 is 0 Å². The number of hydrogen-bond donors (Lipinski definition) is 2. The second-order valence-corrected chi connectivity index (χ2v) is 5.92. The summed E-state index contributed by atoms with van der Waals surface area (Å²) in [4.78, 5) is 17.6. The van der Waals surface area contributed by atoms with Gasteiger partial charge in [-0.25, -0.2) is 0 Å². The van der Waals surface area contributed by atoms with Crippen molar-refractivity contribution in [1.29, 1.82) is 0 Å². The number of carbonyl (C=O) groups excluding carboxylic acids is 1. The molecule has 3 heterocycles. The molecule has 0 aliphatic carbocycles. The fourth-order valence-corrected chi connectivity index (χ4v) is 3.06. The van der Waals surface area contributed by atoms with Gasteiger partial charge < -0.3 is 15.4 Å². The average molecular weight is 363 g/mol. The van der Waals surface area contributed by atoms with Crippen LogP contribution in [0.2, 0.25) is 0 Å². The molecule has 4 rings (SSSR count). The molecule has 0 fully saturated rings. The first-order valence-corrected chi connectivity index (χ1v) is 8.30. The molecule has 1 aliphatic heterocycles. The van der Waals surface area contributed by atoms with Crippen LogP contribution in [-0.4, -0.2) is 38.2 Å². The molecule has 1 atom stereocenters. The van der Waals surface area contributed by atoms with Crippen molar-refractivity contribution in [3.63, 3.8) is 0 Å². The number of allylic oxidation sites excluding steroid dienone is 1. The molecule has 1 aliphatic rings. The first-order chi connectivity index (χ1) is 13.2. The Hall–Kier alpha value is -3.75. The van der Waals surface area contributed by atoms with Gasteiger partial charge in [0.25, 0.3) is 5.91 Å². The number of carbonyl (C=O) groups is 1. The zero-order valence-electron chi connectivity index (χ0n) is 14.7. The normalized spacial score (nSPS) is 15.7. The highest BCUT2D eigenvalue weighted by molar-refractivity contribution is 6.06. The molecule has 0 saturated heterocycles. The summed E-state index contributed by atoms with van der Waals surface area (Å²) in [5.74, 6) is 0.740. The lowest BCUT2D eigenvalue weighted by atomic mass is 9.98. The summed E-state index contributed by atoms with van der Waals surface area (Å²) in [5.41, 5.74) is 2.37. The van der Waals surface area contributed by atoms with E-state index in [2.05, 4.69) is 31.1 Å². The van der Waals surface area contributed by atoms with Gasteiger partial charge in [-0.05, 0) is 41.6 Å². The van der Waals surface area contributed by atoms with Crippen LogP contribution in [0.1, 0.15) is 18.7 Å². The van der Waals surface area contributed by atoms with Crippen molar-refractivity contribution in [2.24, 2.45) is 0 Å². The monoisotopic (exact) mass is 363 g/mol. The maximum absolute atomic E-state index is 13.2. The molecule has 136 valence electrons. The molecule has 9 heteroatoms. The molecule has 0 saturated carbocycles. The fraction of sp³-hybridized carbons (Fsp3) is 0.167. The highest BCUT2D eigenvalue weighted by Gasteiger charge is 2.35. The lowest BCUT2D eigenvalue weighted by Crippen LogP contribution is -2.32. The van der Waals surface area contributed by atoms with Crippen LogP contribution in [0.25, 0.3) is 0 Å². The maximum atomic E-state index is 13.2. The van der Waals surface area contributed by atoms with Crippen molar-refractivity contribution < 1.29 is 9.53 Å². The SMILES string of the molecule is COc1ccccc1NC(=O)C1=C(C)Nc2nnnn2[C@H]1c1ccccn1. The van der Waals surface area contributed by atoms with Crippen LogP contribution in [0.5, 0.6) is 5.75 Å². The highest BCUT2D eigenvalue weighted by Crippen LogP contribution is 2.34. The summed E-state index contributed by atoms with van der Waals surface area (Å²) in [6.07, 6.45) is 1.67. The molecule has 3 aromatic rings. The minimum Gasteiger partial charge on any atom is -0.495 e. The van der Waals surface area contributed by atoms with Gasteiger partial charge in [0.05, 0.1) is 24.1 Å². The van der Waals surface area contributed by atoms with Crippen molar-refractivity contribution in [2.75, 3.05) is 17.7 Å². The van der Waals surface area contributed by atoms with E-state index in [1.54, 1.807) is 30.1 Å². The number of hydrogen-bond acceptors (Lipinski definition) is 7. The number of pyridine rings is 1. The summed E-state index contributed by atoms with van der Waals surface area (Å²) < 4.78 is 6.87. The van der Waals surface area contributed by atoms with E-state index in [0.29, 0.717) is 34.3 Å². The summed E-state index contributed by atoms with van der Waals surface area (Å²) in [6.45, 7) is 1.81. The van der Waals surface area contributed by atoms with E-state index in [9.17, 15) is 4.79 Å². The standard InChI is InChI=1S/C18H17N7O2/c1-11-15(17(26)21-12-7-3-4-9-14(12)27-2)16(13-8-5-6-10-19-13)25-18(20-11)22-23-24-25/h3-10,16H,1-2H3,(H,21,26)(H,20,22,24)/t16-/m0/s1. The lowest BCUT2D eigenvalue weighted by Gasteiger charge is -2.27. The Morgan fingerprint density at radius 1 is 1.22 bits per heavy atom. The van der Waals surface area contributed by atoms with Gasteiger partial charge in [0.15, 0.2) is 0 Å². The maximum Gasteiger partial charge on any atom is 0.256 e. The van der Waals surface area contributed by atoms with Crippen LogP contribution in [-0.2, 0) is 4.79 Å². The lowest BCUT2D eigenvalue weighted by molar-refractivity contribution is -0.113. The number of nitrogens with zero attached hydrogens (tertiary/aromatic N) is 5. The van der Waals surface area contributed by atoms with Crippen LogP contribution < -0.4 is 15.4 Å². The van der Waals surface area contributed by atoms with Crippen molar-refractivity contribution in [1.82, 2.24) is 25.2 Å². The van der Waals surface area contributed by atoms with Gasteiger partial charge in [-0.2, -0.15) is 4.68 Å². The van der Waals surface area contributed by atoms with Gasteiger partial charge in [0.1, 0.15) is 11.8 Å². The van der Waals surface area contributed by atoms with E-state index < -0.39 is 6.04 Å². The molecule has 1 aromatic carbocycles. The van der Waals surface area contributed by atoms with Crippen molar-refractivity contribution in [3.05, 3.63) is 65.6 Å². The molecule has 0 spiro atoms. The number of anilines is 2. The Kier molecular flexibility index (Phi) is 4.25. The Labute approximate surface area is 155 Å². The number of ether oxygens (including phenoxy) is 1. The summed E-state index contributed by atoms with van der Waals surface area (Å²) in [5, 5.41) is 17.7. The first-order valence-electron chi connectivity index (χ1n) is 8.30. The minimum absolute atomic E-state index is 0.290. The number of nitrogens with one attached hydrogen (secondary N) is 2. The highest BCUT2D eigenvalue weighted by atomic mass is 16.5. The largest absolute Gasteiger partial charge is 0.495 e. The number of amides is 1. The molecule has 0 unspecified atom stereocenters. The molecule has 0 radical (unpaired) electrons. The van der Waals surface area contributed by atoms with Crippen LogP contribution in [0, 0.1) is 0 Å². The van der Waals surface area contributed by atoms with Gasteiger partial charge in [-0.3, -0.25) is 9.78 Å². The molecule has 27 heavy (non-hydrogen) atoms. The molecule has 0 bridgehead atoms. The van der Waals surface area contributed by atoms with E-state index in [0.717, 1.165) is 0 Å². The van der Waals surface area contributed by atoms with Gasteiger partial charge in [-0.1, -0.05) is 23.3 Å². The number of methoxy groups -OCH3 is 1. The third-order valence-electron chi connectivity index (χ3n) is 4.28. The predicted molar refractivity (Wildman–Crippen MR) is 98.1 cm³/mol. The molecule has 2 N–H and O–H groups in total. The van der Waals surface area contributed by atoms with E-state index in [1.165, 1.54) is 0 Å². The molecular weight excluding hydrogens is 346 g/mol. The van der Waals surface area contributed by atoms with Gasteiger partial charge in [0, 0.05) is 11.9 Å². The van der Waals surface area contributed by atoms with E-state index in [1.807, 2.05) is 37.3 Å².